The van der Waals surface area contributed by atoms with Crippen molar-refractivity contribution in [1.82, 2.24) is 9.88 Å². The molecule has 2 nitrogen and oxygen atoms in total. The van der Waals surface area contributed by atoms with Gasteiger partial charge in [-0.15, -0.1) is 0 Å². The lowest BCUT2D eigenvalue weighted by Gasteiger charge is -2.00. The number of nitrogens with zero attached hydrogens (tertiary/aromatic N) is 1. The van der Waals surface area contributed by atoms with Crippen molar-refractivity contribution in [2.24, 2.45) is 7.05 Å². The normalized spacial score (nSPS) is 11.2. The van der Waals surface area contributed by atoms with Crippen LogP contribution in [-0.2, 0) is 13.5 Å². The fourth-order valence-corrected chi connectivity index (χ4v) is 2.24. The van der Waals surface area contributed by atoms with Crippen LogP contribution in [0.15, 0.2) is 24.4 Å². The molecule has 0 amide bonds. The van der Waals surface area contributed by atoms with Gasteiger partial charge in [0.05, 0.1) is 0 Å². The second-order valence-corrected chi connectivity index (χ2v) is 4.49. The van der Waals surface area contributed by atoms with Crippen molar-refractivity contribution in [3.8, 4) is 0 Å². The molecule has 86 valence electrons. The summed E-state index contributed by atoms with van der Waals surface area (Å²) in [4.78, 5) is 0. The lowest BCUT2D eigenvalue weighted by molar-refractivity contribution is 0.725. The average molecular weight is 216 g/mol. The van der Waals surface area contributed by atoms with Crippen molar-refractivity contribution in [2.75, 3.05) is 13.6 Å². The van der Waals surface area contributed by atoms with Crippen molar-refractivity contribution >= 4 is 10.9 Å². The molecule has 0 fully saturated rings. The van der Waals surface area contributed by atoms with Crippen molar-refractivity contribution in [1.29, 1.82) is 0 Å². The van der Waals surface area contributed by atoms with Gasteiger partial charge in [0, 0.05) is 24.1 Å². The van der Waals surface area contributed by atoms with Crippen LogP contribution in [0.4, 0.5) is 0 Å². The number of hydrogen-bond acceptors (Lipinski definition) is 1. The topological polar surface area (TPSA) is 17.0 Å². The minimum atomic E-state index is 1.09. The molecular weight excluding hydrogens is 196 g/mol. The quantitative estimate of drug-likeness (QED) is 0.777. The Labute approximate surface area is 97.3 Å². The molecule has 16 heavy (non-hydrogen) atoms. The Hall–Kier alpha value is -1.28. The lowest BCUT2D eigenvalue weighted by atomic mass is 10.1. The van der Waals surface area contributed by atoms with Crippen LogP contribution in [0.2, 0.25) is 0 Å². The zero-order valence-corrected chi connectivity index (χ0v) is 10.4. The largest absolute Gasteiger partial charge is 0.350 e. The Kier molecular flexibility index (Phi) is 3.30. The maximum Gasteiger partial charge on any atom is 0.0480 e. The Balaban J connectivity index is 2.33. The molecular formula is C14H20N2. The van der Waals surface area contributed by atoms with Gasteiger partial charge in [-0.2, -0.15) is 0 Å². The Morgan fingerprint density at radius 1 is 1.31 bits per heavy atom. The second kappa shape index (κ2) is 4.71. The van der Waals surface area contributed by atoms with E-state index in [1.165, 1.54) is 28.5 Å². The zero-order chi connectivity index (χ0) is 11.5. The Bertz CT molecular complexity index is 483. The molecule has 1 N–H and O–H groups in total. The molecule has 1 aromatic carbocycles. The number of aryl methyl sites for hydroxylation is 3. The van der Waals surface area contributed by atoms with Gasteiger partial charge in [-0.25, -0.2) is 0 Å². The predicted octanol–water partition coefficient (Wildman–Crippen LogP) is 2.64. The minimum Gasteiger partial charge on any atom is -0.350 e. The van der Waals surface area contributed by atoms with Gasteiger partial charge in [0.2, 0.25) is 0 Å². The second-order valence-electron chi connectivity index (χ2n) is 4.49. The van der Waals surface area contributed by atoms with Crippen molar-refractivity contribution < 1.29 is 0 Å². The Morgan fingerprint density at radius 2 is 2.12 bits per heavy atom. The molecule has 0 spiro atoms. The van der Waals surface area contributed by atoms with Crippen LogP contribution in [-0.4, -0.2) is 18.2 Å². The van der Waals surface area contributed by atoms with Gasteiger partial charge in [-0.1, -0.05) is 11.6 Å². The van der Waals surface area contributed by atoms with Gasteiger partial charge in [0.25, 0.3) is 0 Å². The molecule has 2 aromatic rings. The number of nitrogens with one attached hydrogen (secondary N) is 1. The van der Waals surface area contributed by atoms with E-state index < -0.39 is 0 Å². The summed E-state index contributed by atoms with van der Waals surface area (Å²) in [6, 6.07) is 6.69. The first-order chi connectivity index (χ1) is 7.72. The van der Waals surface area contributed by atoms with Gasteiger partial charge in [0.1, 0.15) is 0 Å². The fraction of sp³-hybridized carbons (Fsp3) is 0.429. The minimum absolute atomic E-state index is 1.09. The number of benzene rings is 1. The van der Waals surface area contributed by atoms with E-state index in [0.717, 1.165) is 13.0 Å². The third-order valence-electron chi connectivity index (χ3n) is 3.10. The molecule has 0 atom stereocenters. The van der Waals surface area contributed by atoms with Gasteiger partial charge in [0.15, 0.2) is 0 Å². The molecule has 0 aliphatic heterocycles. The summed E-state index contributed by atoms with van der Waals surface area (Å²) >= 11 is 0. The molecule has 0 saturated heterocycles. The van der Waals surface area contributed by atoms with Crippen molar-refractivity contribution in [3.63, 3.8) is 0 Å². The van der Waals surface area contributed by atoms with E-state index in [4.69, 9.17) is 0 Å². The van der Waals surface area contributed by atoms with Gasteiger partial charge >= 0.3 is 0 Å². The number of rotatable bonds is 4. The van der Waals surface area contributed by atoms with E-state index >= 15 is 0 Å². The molecule has 0 saturated carbocycles. The van der Waals surface area contributed by atoms with Crippen LogP contribution in [0.1, 0.15) is 17.5 Å². The van der Waals surface area contributed by atoms with E-state index in [0.29, 0.717) is 0 Å². The van der Waals surface area contributed by atoms with Crippen LogP contribution < -0.4 is 5.32 Å². The van der Waals surface area contributed by atoms with Crippen LogP contribution >= 0.6 is 0 Å². The summed E-state index contributed by atoms with van der Waals surface area (Å²) in [6.45, 7) is 3.24. The molecule has 1 aromatic heterocycles. The highest BCUT2D eigenvalue weighted by molar-refractivity contribution is 5.84. The maximum absolute atomic E-state index is 3.20. The number of aromatic nitrogens is 1. The van der Waals surface area contributed by atoms with E-state index in [2.05, 4.69) is 48.3 Å². The molecule has 0 aliphatic carbocycles. The molecule has 0 aliphatic rings. The van der Waals surface area contributed by atoms with E-state index in [-0.39, 0.29) is 0 Å². The fourth-order valence-electron chi connectivity index (χ4n) is 2.24. The molecule has 0 radical (unpaired) electrons. The zero-order valence-electron chi connectivity index (χ0n) is 10.4. The summed E-state index contributed by atoms with van der Waals surface area (Å²) in [7, 11) is 4.13. The van der Waals surface area contributed by atoms with E-state index in [9.17, 15) is 0 Å². The first kappa shape index (κ1) is 11.2. The third-order valence-corrected chi connectivity index (χ3v) is 3.10. The summed E-state index contributed by atoms with van der Waals surface area (Å²) in [5.41, 5.74) is 4.15. The highest BCUT2D eigenvalue weighted by Crippen LogP contribution is 2.22. The Morgan fingerprint density at radius 3 is 2.88 bits per heavy atom. The van der Waals surface area contributed by atoms with Crippen LogP contribution in [0.3, 0.4) is 0 Å². The molecule has 0 unspecified atom stereocenters. The summed E-state index contributed by atoms with van der Waals surface area (Å²) < 4.78 is 2.23. The van der Waals surface area contributed by atoms with E-state index in [1.54, 1.807) is 0 Å². The van der Waals surface area contributed by atoms with Crippen molar-refractivity contribution in [2.45, 2.75) is 19.8 Å². The lowest BCUT2D eigenvalue weighted by Crippen LogP contribution is -2.08. The molecule has 1 heterocycles. The van der Waals surface area contributed by atoms with Gasteiger partial charge in [-0.05, 0) is 51.1 Å². The number of fused-ring (bicyclic) bond motifs is 1. The highest BCUT2D eigenvalue weighted by Gasteiger charge is 2.05. The smallest absolute Gasteiger partial charge is 0.0480 e. The van der Waals surface area contributed by atoms with Gasteiger partial charge in [-0.3, -0.25) is 0 Å². The van der Waals surface area contributed by atoms with E-state index in [1.807, 2.05) is 7.05 Å². The molecule has 2 rings (SSSR count). The standard InChI is InChI=1S/C14H20N2/c1-11-6-7-14-13(9-11)12(10-16(14)3)5-4-8-15-2/h6-7,9-10,15H,4-5,8H2,1-3H3. The summed E-state index contributed by atoms with van der Waals surface area (Å²) in [6.07, 6.45) is 4.62. The summed E-state index contributed by atoms with van der Waals surface area (Å²) in [5.74, 6) is 0. The van der Waals surface area contributed by atoms with Crippen LogP contribution in [0.25, 0.3) is 10.9 Å². The third kappa shape index (κ3) is 2.12. The highest BCUT2D eigenvalue weighted by atomic mass is 14.9. The summed E-state index contributed by atoms with van der Waals surface area (Å²) in [5, 5.41) is 4.61. The van der Waals surface area contributed by atoms with Crippen LogP contribution in [0, 0.1) is 6.92 Å². The predicted molar refractivity (Wildman–Crippen MR) is 69.9 cm³/mol. The van der Waals surface area contributed by atoms with Gasteiger partial charge < -0.3 is 9.88 Å². The SMILES string of the molecule is CNCCCc1cn(C)c2ccc(C)cc12. The first-order valence-electron chi connectivity index (χ1n) is 5.91. The average Bonchev–Trinajstić information content (AvgIpc) is 2.56. The monoisotopic (exact) mass is 216 g/mol. The first-order valence-corrected chi connectivity index (χ1v) is 5.91. The number of hydrogen-bond donors (Lipinski definition) is 1. The van der Waals surface area contributed by atoms with Crippen LogP contribution in [0.5, 0.6) is 0 Å². The molecule has 2 heteroatoms. The maximum atomic E-state index is 3.20. The van der Waals surface area contributed by atoms with Crippen molar-refractivity contribution in [3.05, 3.63) is 35.5 Å². The molecule has 0 bridgehead atoms.